The van der Waals surface area contributed by atoms with Crippen LogP contribution < -0.4 is 5.32 Å². The minimum absolute atomic E-state index is 0.0354. The van der Waals surface area contributed by atoms with Crippen LogP contribution in [-0.2, 0) is 6.54 Å². The van der Waals surface area contributed by atoms with Gasteiger partial charge in [-0.05, 0) is 30.5 Å². The lowest BCUT2D eigenvalue weighted by Gasteiger charge is -2.32. The number of aromatic nitrogens is 2. The van der Waals surface area contributed by atoms with Crippen LogP contribution in [0.1, 0.15) is 28.9 Å². The van der Waals surface area contributed by atoms with Crippen LogP contribution in [0.4, 0.5) is 0 Å². The Morgan fingerprint density at radius 3 is 2.66 bits per heavy atom. The fraction of sp³-hybridized carbons (Fsp3) is 0.250. The Balaban J connectivity index is 1.24. The molecule has 2 aromatic carbocycles. The van der Waals surface area contributed by atoms with Gasteiger partial charge in [0.15, 0.2) is 0 Å². The van der Waals surface area contributed by atoms with Gasteiger partial charge in [0, 0.05) is 42.6 Å². The lowest BCUT2D eigenvalue weighted by atomic mass is 10.0. The Hall–Kier alpha value is -3.18. The van der Waals surface area contributed by atoms with Crippen molar-refractivity contribution in [3.8, 4) is 0 Å². The predicted molar refractivity (Wildman–Crippen MR) is 116 cm³/mol. The van der Waals surface area contributed by atoms with E-state index in [0.717, 1.165) is 54.3 Å². The van der Waals surface area contributed by atoms with Crippen molar-refractivity contribution in [2.75, 3.05) is 13.1 Å². The van der Waals surface area contributed by atoms with E-state index in [1.807, 2.05) is 36.4 Å². The van der Waals surface area contributed by atoms with E-state index in [9.17, 15) is 4.79 Å². The highest BCUT2D eigenvalue weighted by molar-refractivity contribution is 6.07. The molecule has 3 heterocycles. The number of nitrogens with zero attached hydrogens (tertiary/aromatic N) is 2. The van der Waals surface area contributed by atoms with Gasteiger partial charge in [0.1, 0.15) is 5.69 Å². The first-order valence-electron chi connectivity index (χ1n) is 10.2. The van der Waals surface area contributed by atoms with E-state index in [4.69, 9.17) is 0 Å². The number of carbonyl (C=O) groups excluding carboxylic acids is 1. The number of rotatable bonds is 4. The highest BCUT2D eigenvalue weighted by Crippen LogP contribution is 2.24. The van der Waals surface area contributed by atoms with Crippen molar-refractivity contribution in [1.29, 1.82) is 0 Å². The lowest BCUT2D eigenvalue weighted by molar-refractivity contribution is 0.0904. The monoisotopic (exact) mass is 384 g/mol. The van der Waals surface area contributed by atoms with Crippen LogP contribution in [-0.4, -0.2) is 39.9 Å². The van der Waals surface area contributed by atoms with Crippen molar-refractivity contribution < 1.29 is 4.79 Å². The van der Waals surface area contributed by atoms with E-state index in [1.165, 1.54) is 5.56 Å². The van der Waals surface area contributed by atoms with Gasteiger partial charge in [-0.2, -0.15) is 0 Å². The number of nitrogens with one attached hydrogen (secondary N) is 2. The Morgan fingerprint density at radius 2 is 1.83 bits per heavy atom. The molecule has 1 aliphatic heterocycles. The number of carbonyl (C=O) groups is 1. The molecule has 29 heavy (non-hydrogen) atoms. The number of hydrogen-bond donors (Lipinski definition) is 2. The van der Waals surface area contributed by atoms with Gasteiger partial charge in [0.05, 0.1) is 11.0 Å². The third-order valence-electron chi connectivity index (χ3n) is 5.78. The Bertz CT molecular complexity index is 1140. The molecule has 0 aliphatic carbocycles. The molecular formula is C24H24N4O. The van der Waals surface area contributed by atoms with E-state index >= 15 is 0 Å². The zero-order valence-corrected chi connectivity index (χ0v) is 16.3. The molecule has 146 valence electrons. The third-order valence-corrected chi connectivity index (χ3v) is 5.78. The maximum Gasteiger partial charge on any atom is 0.267 e. The maximum absolute atomic E-state index is 12.8. The minimum atomic E-state index is -0.0354. The van der Waals surface area contributed by atoms with Crippen LogP contribution in [0.25, 0.3) is 21.8 Å². The van der Waals surface area contributed by atoms with Gasteiger partial charge in [-0.25, -0.2) is 0 Å². The zero-order valence-electron chi connectivity index (χ0n) is 16.3. The quantitative estimate of drug-likeness (QED) is 0.557. The molecule has 0 radical (unpaired) electrons. The van der Waals surface area contributed by atoms with Crippen molar-refractivity contribution >= 4 is 27.7 Å². The van der Waals surface area contributed by atoms with Crippen molar-refractivity contribution in [2.24, 2.45) is 0 Å². The van der Waals surface area contributed by atoms with Gasteiger partial charge >= 0.3 is 0 Å². The van der Waals surface area contributed by atoms with Gasteiger partial charge in [-0.1, -0.05) is 48.5 Å². The van der Waals surface area contributed by atoms with Crippen LogP contribution in [0.5, 0.6) is 0 Å². The SMILES string of the molecule is O=C(NC1CCN(Cc2ccccc2)CC1)c1cc2ccc3cccnc3c2[nH]1. The number of H-pyrrole nitrogens is 1. The summed E-state index contributed by atoms with van der Waals surface area (Å²) in [5, 5.41) is 5.29. The number of aromatic amines is 1. The average Bonchev–Trinajstić information content (AvgIpc) is 3.21. The minimum Gasteiger partial charge on any atom is -0.349 e. The first-order chi connectivity index (χ1) is 14.3. The summed E-state index contributed by atoms with van der Waals surface area (Å²) in [6, 6.07) is 20.7. The molecule has 1 amide bonds. The second-order valence-corrected chi connectivity index (χ2v) is 7.80. The fourth-order valence-corrected chi connectivity index (χ4v) is 4.20. The van der Waals surface area contributed by atoms with Gasteiger partial charge in [-0.15, -0.1) is 0 Å². The van der Waals surface area contributed by atoms with E-state index in [0.29, 0.717) is 5.69 Å². The summed E-state index contributed by atoms with van der Waals surface area (Å²) in [5.41, 5.74) is 3.77. The molecule has 0 atom stereocenters. The molecular weight excluding hydrogens is 360 g/mol. The molecule has 0 spiro atoms. The molecule has 4 aromatic rings. The number of pyridine rings is 1. The number of likely N-dealkylation sites (tertiary alicyclic amines) is 1. The highest BCUT2D eigenvalue weighted by atomic mass is 16.1. The Morgan fingerprint density at radius 1 is 1.03 bits per heavy atom. The summed E-state index contributed by atoms with van der Waals surface area (Å²) in [5.74, 6) is -0.0354. The molecule has 2 N–H and O–H groups in total. The number of hydrogen-bond acceptors (Lipinski definition) is 3. The van der Waals surface area contributed by atoms with E-state index in [-0.39, 0.29) is 11.9 Å². The van der Waals surface area contributed by atoms with Crippen LogP contribution in [0, 0.1) is 0 Å². The summed E-state index contributed by atoms with van der Waals surface area (Å²) in [6.45, 7) is 2.98. The fourth-order valence-electron chi connectivity index (χ4n) is 4.20. The van der Waals surface area contributed by atoms with E-state index in [1.54, 1.807) is 6.20 Å². The molecule has 0 unspecified atom stereocenters. The van der Waals surface area contributed by atoms with Crippen molar-refractivity contribution in [3.05, 3.63) is 78.1 Å². The van der Waals surface area contributed by atoms with Crippen LogP contribution in [0.3, 0.4) is 0 Å². The van der Waals surface area contributed by atoms with Gasteiger partial charge in [0.2, 0.25) is 0 Å². The van der Waals surface area contributed by atoms with Crippen LogP contribution in [0.2, 0.25) is 0 Å². The van der Waals surface area contributed by atoms with Crippen molar-refractivity contribution in [1.82, 2.24) is 20.2 Å². The Labute approximate surface area is 169 Å². The predicted octanol–water partition coefficient (Wildman–Crippen LogP) is 4.11. The molecule has 5 nitrogen and oxygen atoms in total. The standard InChI is InChI=1S/C24H24N4O/c29-24(21-15-19-9-8-18-7-4-12-25-22(18)23(19)27-21)26-20-10-13-28(14-11-20)16-17-5-2-1-3-6-17/h1-9,12,15,20,27H,10-11,13-14,16H2,(H,26,29). The third kappa shape index (κ3) is 3.74. The van der Waals surface area contributed by atoms with E-state index in [2.05, 4.69) is 44.5 Å². The van der Waals surface area contributed by atoms with Gasteiger partial charge < -0.3 is 10.3 Å². The second-order valence-electron chi connectivity index (χ2n) is 7.80. The first-order valence-corrected chi connectivity index (χ1v) is 10.2. The average molecular weight is 384 g/mol. The van der Waals surface area contributed by atoms with Crippen molar-refractivity contribution in [2.45, 2.75) is 25.4 Å². The van der Waals surface area contributed by atoms with Crippen LogP contribution in [0.15, 0.2) is 66.9 Å². The number of fused-ring (bicyclic) bond motifs is 3. The molecule has 1 aliphatic rings. The summed E-state index contributed by atoms with van der Waals surface area (Å²) < 4.78 is 0. The molecule has 2 aromatic heterocycles. The number of amides is 1. The highest BCUT2D eigenvalue weighted by Gasteiger charge is 2.22. The Kier molecular flexibility index (Phi) is 4.74. The zero-order chi connectivity index (χ0) is 19.6. The summed E-state index contributed by atoms with van der Waals surface area (Å²) >= 11 is 0. The van der Waals surface area contributed by atoms with Gasteiger partial charge in [-0.3, -0.25) is 14.7 Å². The second kappa shape index (κ2) is 7.68. The molecule has 5 rings (SSSR count). The largest absolute Gasteiger partial charge is 0.349 e. The molecule has 0 saturated carbocycles. The van der Waals surface area contributed by atoms with E-state index < -0.39 is 0 Å². The first kappa shape index (κ1) is 17.9. The van der Waals surface area contributed by atoms with Crippen LogP contribution >= 0.6 is 0 Å². The maximum atomic E-state index is 12.8. The normalized spacial score (nSPS) is 15.7. The molecule has 0 bridgehead atoms. The van der Waals surface area contributed by atoms with Gasteiger partial charge in [0.25, 0.3) is 5.91 Å². The van der Waals surface area contributed by atoms with Crippen molar-refractivity contribution in [3.63, 3.8) is 0 Å². The number of benzene rings is 2. The summed E-state index contributed by atoms with van der Waals surface area (Å²) in [6.07, 6.45) is 3.73. The summed E-state index contributed by atoms with van der Waals surface area (Å²) in [7, 11) is 0. The molecule has 5 heteroatoms. The smallest absolute Gasteiger partial charge is 0.267 e. The molecule has 1 fully saturated rings. The molecule has 1 saturated heterocycles. The number of piperidine rings is 1. The topological polar surface area (TPSA) is 61.0 Å². The lowest BCUT2D eigenvalue weighted by Crippen LogP contribution is -2.44. The summed E-state index contributed by atoms with van der Waals surface area (Å²) in [4.78, 5) is 23.0.